The van der Waals surface area contributed by atoms with E-state index in [0.717, 1.165) is 16.2 Å². The Hall–Kier alpha value is -3.92. The maximum Gasteiger partial charge on any atom is 0.417 e. The summed E-state index contributed by atoms with van der Waals surface area (Å²) in [6.07, 6.45) is -0.970. The molecule has 196 valence electrons. The van der Waals surface area contributed by atoms with E-state index in [2.05, 4.69) is 15.4 Å². The van der Waals surface area contributed by atoms with E-state index in [-0.39, 0.29) is 36.8 Å². The summed E-state index contributed by atoms with van der Waals surface area (Å²) < 4.78 is 9.54. The van der Waals surface area contributed by atoms with Crippen LogP contribution >= 0.6 is 23.1 Å². The molecule has 3 aliphatic heterocycles. The molecule has 16 heteroatoms. The van der Waals surface area contributed by atoms with Gasteiger partial charge in [-0.05, 0) is 11.4 Å². The number of fused-ring (bicyclic) bond motifs is 1. The van der Waals surface area contributed by atoms with Crippen LogP contribution in [0.1, 0.15) is 17.8 Å². The van der Waals surface area contributed by atoms with Gasteiger partial charge in [0.2, 0.25) is 5.91 Å². The zero-order valence-corrected chi connectivity index (χ0v) is 20.8. The van der Waals surface area contributed by atoms with Crippen LogP contribution in [-0.4, -0.2) is 93.5 Å². The average molecular weight is 553 g/mol. The van der Waals surface area contributed by atoms with Gasteiger partial charge < -0.3 is 25.2 Å². The Morgan fingerprint density at radius 2 is 2.03 bits per heavy atom. The summed E-state index contributed by atoms with van der Waals surface area (Å²) in [5, 5.41) is 15.4. The number of nitrogens with one attached hydrogen (secondary N) is 2. The fourth-order valence-corrected chi connectivity index (χ4v) is 5.94. The molecule has 2 saturated heterocycles. The quantitative estimate of drug-likeness (QED) is 0.218. The number of carbonyl (C=O) groups is 7. The molecule has 3 N–H and O–H groups in total. The van der Waals surface area contributed by atoms with Crippen molar-refractivity contribution in [1.82, 2.24) is 20.4 Å². The van der Waals surface area contributed by atoms with Crippen molar-refractivity contribution < 1.29 is 48.1 Å². The maximum absolute atomic E-state index is 13.2. The number of thiophene rings is 1. The van der Waals surface area contributed by atoms with Gasteiger partial charge in [0, 0.05) is 23.1 Å². The van der Waals surface area contributed by atoms with Gasteiger partial charge in [-0.25, -0.2) is 14.5 Å². The Morgan fingerprint density at radius 1 is 1.27 bits per heavy atom. The predicted molar refractivity (Wildman–Crippen MR) is 125 cm³/mol. The number of esters is 1. The third-order valence-corrected chi connectivity index (χ3v) is 7.84. The minimum absolute atomic E-state index is 0.0542. The van der Waals surface area contributed by atoms with Crippen LogP contribution in [0.15, 0.2) is 28.8 Å². The Bertz CT molecular complexity index is 1210. The summed E-state index contributed by atoms with van der Waals surface area (Å²) in [4.78, 5) is 87.5. The standard InChI is InChI=1S/C21H20N4O10S2/c1-9(26)35-7-10-8-37-19-13(17(29)25(19)14(10)20(31)32)23-15(27)12(11-3-2-6-36-11)22-16(28)18(30)24-4-5-34-21(24)33/h2-3,6,12-13,19H,4-5,7-8H2,1H3,(H,22,28)(H,23,27)(H,31,32)/t12?,13-,19?/m0/s1. The molecule has 3 atom stereocenters. The molecule has 2 unspecified atom stereocenters. The van der Waals surface area contributed by atoms with E-state index in [0.29, 0.717) is 9.78 Å². The van der Waals surface area contributed by atoms with Crippen LogP contribution in [0.5, 0.6) is 0 Å². The molecule has 5 amide bonds. The number of cyclic esters (lactones) is 1. The molecule has 0 radical (unpaired) electrons. The summed E-state index contributed by atoms with van der Waals surface area (Å²) in [6, 6.07) is 0.694. The van der Waals surface area contributed by atoms with Crippen molar-refractivity contribution in [2.45, 2.75) is 24.4 Å². The zero-order chi connectivity index (χ0) is 26.9. The first-order valence-corrected chi connectivity index (χ1v) is 12.7. The number of rotatable bonds is 7. The van der Waals surface area contributed by atoms with E-state index >= 15 is 0 Å². The van der Waals surface area contributed by atoms with E-state index in [4.69, 9.17) is 4.74 Å². The first kappa shape index (κ1) is 26.2. The van der Waals surface area contributed by atoms with Crippen molar-refractivity contribution in [1.29, 1.82) is 0 Å². The van der Waals surface area contributed by atoms with Crippen LogP contribution < -0.4 is 10.6 Å². The number of amides is 5. The molecule has 4 heterocycles. The molecular formula is C21H20N4O10S2. The first-order chi connectivity index (χ1) is 17.6. The number of aliphatic carboxylic acids is 1. The van der Waals surface area contributed by atoms with Gasteiger partial charge in [0.25, 0.3) is 5.91 Å². The van der Waals surface area contributed by atoms with Crippen LogP contribution in [0, 0.1) is 0 Å². The van der Waals surface area contributed by atoms with Gasteiger partial charge in [-0.1, -0.05) is 6.07 Å². The Balaban J connectivity index is 1.48. The molecule has 3 aliphatic rings. The molecule has 0 aliphatic carbocycles. The number of carboxylic acid groups (broad SMARTS) is 1. The SMILES string of the molecule is CC(=O)OCC1=C(C(=O)O)N2C(=O)[C@H](NC(=O)C(NC(=O)C(=O)N3CCOC3=O)c3cccs3)C2SC1. The van der Waals surface area contributed by atoms with E-state index in [1.807, 2.05) is 0 Å². The highest BCUT2D eigenvalue weighted by Gasteiger charge is 2.54. The van der Waals surface area contributed by atoms with Crippen LogP contribution in [0.2, 0.25) is 0 Å². The molecular weight excluding hydrogens is 532 g/mol. The highest BCUT2D eigenvalue weighted by molar-refractivity contribution is 8.00. The van der Waals surface area contributed by atoms with E-state index < -0.39 is 59.1 Å². The number of nitrogens with zero attached hydrogens (tertiary/aromatic N) is 2. The fraction of sp³-hybridized carbons (Fsp3) is 0.381. The number of hydrogen-bond donors (Lipinski definition) is 3. The van der Waals surface area contributed by atoms with E-state index in [1.54, 1.807) is 17.5 Å². The number of carbonyl (C=O) groups excluding carboxylic acids is 6. The summed E-state index contributed by atoms with van der Waals surface area (Å²) in [5.74, 6) is -5.76. The summed E-state index contributed by atoms with van der Waals surface area (Å²) in [7, 11) is 0. The van der Waals surface area contributed by atoms with Gasteiger partial charge in [0.05, 0.1) is 6.54 Å². The topological polar surface area (TPSA) is 189 Å². The summed E-state index contributed by atoms with van der Waals surface area (Å²) in [6.45, 7) is 0.725. The lowest BCUT2D eigenvalue weighted by molar-refractivity contribution is -0.151. The third-order valence-electron chi connectivity index (χ3n) is 5.56. The molecule has 0 aromatic carbocycles. The molecule has 1 aromatic rings. The summed E-state index contributed by atoms with van der Waals surface area (Å²) in [5.41, 5.74) is -0.0727. The summed E-state index contributed by atoms with van der Waals surface area (Å²) >= 11 is 2.29. The van der Waals surface area contributed by atoms with Crippen LogP contribution in [-0.2, 0) is 38.2 Å². The van der Waals surface area contributed by atoms with Crippen molar-refractivity contribution in [2.75, 3.05) is 25.5 Å². The van der Waals surface area contributed by atoms with Crippen molar-refractivity contribution in [3.05, 3.63) is 33.7 Å². The number of thioether (sulfide) groups is 1. The molecule has 0 bridgehead atoms. The van der Waals surface area contributed by atoms with Gasteiger partial charge in [-0.3, -0.25) is 28.9 Å². The molecule has 37 heavy (non-hydrogen) atoms. The zero-order valence-electron chi connectivity index (χ0n) is 19.1. The molecule has 0 saturated carbocycles. The predicted octanol–water partition coefficient (Wildman–Crippen LogP) is -0.814. The number of ether oxygens (including phenoxy) is 2. The molecule has 0 spiro atoms. The lowest BCUT2D eigenvalue weighted by atomic mass is 10.0. The van der Waals surface area contributed by atoms with Crippen LogP contribution in [0.4, 0.5) is 4.79 Å². The minimum atomic E-state index is -1.38. The van der Waals surface area contributed by atoms with Crippen LogP contribution in [0.25, 0.3) is 0 Å². The number of β-lactam (4-membered cyclic amide) rings is 1. The first-order valence-electron chi connectivity index (χ1n) is 10.8. The molecule has 1 aromatic heterocycles. The Kier molecular flexibility index (Phi) is 7.49. The monoisotopic (exact) mass is 552 g/mol. The van der Waals surface area contributed by atoms with Crippen molar-refractivity contribution in [2.24, 2.45) is 0 Å². The van der Waals surface area contributed by atoms with Crippen molar-refractivity contribution in [3.8, 4) is 0 Å². The second kappa shape index (κ2) is 10.6. The van der Waals surface area contributed by atoms with Gasteiger partial charge in [-0.2, -0.15) is 0 Å². The molecule has 14 nitrogen and oxygen atoms in total. The maximum atomic E-state index is 13.2. The average Bonchev–Trinajstić information content (AvgIpc) is 3.54. The van der Waals surface area contributed by atoms with Crippen molar-refractivity contribution in [3.63, 3.8) is 0 Å². The lowest BCUT2D eigenvalue weighted by Crippen LogP contribution is -2.71. The highest BCUT2D eigenvalue weighted by atomic mass is 32.2. The van der Waals surface area contributed by atoms with E-state index in [1.165, 1.54) is 18.7 Å². The number of imide groups is 1. The Morgan fingerprint density at radius 3 is 2.62 bits per heavy atom. The minimum Gasteiger partial charge on any atom is -0.477 e. The second-order valence-electron chi connectivity index (χ2n) is 7.93. The van der Waals surface area contributed by atoms with Gasteiger partial charge >= 0.3 is 29.8 Å². The normalized spacial score (nSPS) is 21.4. The fourth-order valence-electron chi connectivity index (χ4n) is 3.83. The van der Waals surface area contributed by atoms with Crippen LogP contribution in [0.3, 0.4) is 0 Å². The van der Waals surface area contributed by atoms with E-state index in [9.17, 15) is 38.7 Å². The second-order valence-corrected chi connectivity index (χ2v) is 10.0. The smallest absolute Gasteiger partial charge is 0.417 e. The molecule has 4 rings (SSSR count). The number of hydrogen-bond acceptors (Lipinski definition) is 11. The largest absolute Gasteiger partial charge is 0.477 e. The van der Waals surface area contributed by atoms with Gasteiger partial charge in [-0.15, -0.1) is 23.1 Å². The van der Waals surface area contributed by atoms with Gasteiger partial charge in [0.15, 0.2) is 0 Å². The van der Waals surface area contributed by atoms with Crippen molar-refractivity contribution >= 4 is 64.8 Å². The Labute approximate surface area is 216 Å². The highest BCUT2D eigenvalue weighted by Crippen LogP contribution is 2.40. The number of carboxylic acids is 1. The van der Waals surface area contributed by atoms with Gasteiger partial charge in [0.1, 0.15) is 36.4 Å². The lowest BCUT2D eigenvalue weighted by Gasteiger charge is -2.49. The third kappa shape index (κ3) is 5.15. The molecule has 2 fully saturated rings.